The lowest BCUT2D eigenvalue weighted by Gasteiger charge is -2.40. The Balaban J connectivity index is 0.609. The molecule has 5 atom stereocenters. The Labute approximate surface area is 638 Å². The molecule has 109 heavy (non-hydrogen) atoms. The predicted octanol–water partition coefficient (Wildman–Crippen LogP) is 25.6. The molecule has 5 unspecified atom stereocenters. The first-order valence-corrected chi connectivity index (χ1v) is 38.7. The van der Waals surface area contributed by atoms with Crippen molar-refractivity contribution in [2.75, 3.05) is 0 Å². The summed E-state index contributed by atoms with van der Waals surface area (Å²) in [5, 5.41) is 2.35. The van der Waals surface area contributed by atoms with Gasteiger partial charge in [-0.1, -0.05) is 338 Å². The van der Waals surface area contributed by atoms with Crippen LogP contribution in [0.2, 0.25) is 0 Å². The van der Waals surface area contributed by atoms with Crippen LogP contribution in [-0.4, -0.2) is 24.9 Å². The summed E-state index contributed by atoms with van der Waals surface area (Å²) in [6.07, 6.45) is 23.5. The second-order valence-electron chi connectivity index (χ2n) is 32.4. The van der Waals surface area contributed by atoms with E-state index in [1.165, 1.54) is 117 Å². The molecule has 0 radical (unpaired) electrons. The highest BCUT2D eigenvalue weighted by molar-refractivity contribution is 5.93. The molecule has 2 heterocycles. The highest BCUT2D eigenvalue weighted by Gasteiger charge is 2.61. The number of hydrogen-bond donors (Lipinski definition) is 0. The van der Waals surface area contributed by atoms with E-state index in [2.05, 4.69) is 351 Å². The monoisotopic (exact) mass is 1400 g/mol. The topological polar surface area (TPSA) is 64.5 Å². The van der Waals surface area contributed by atoms with Gasteiger partial charge in [0, 0.05) is 61.5 Å². The van der Waals surface area contributed by atoms with Crippen molar-refractivity contribution >= 4 is 21.9 Å². The fraction of sp³-hybridized carbons (Fsp3) is 0.144. The first kappa shape index (κ1) is 64.8. The number of allylic oxidation sites excluding steroid dienone is 12. The Kier molecular flexibility index (Phi) is 14.6. The molecule has 14 aromatic rings. The van der Waals surface area contributed by atoms with E-state index in [9.17, 15) is 0 Å². The maximum absolute atomic E-state index is 5.56. The zero-order valence-corrected chi connectivity index (χ0v) is 62.1. The summed E-state index contributed by atoms with van der Waals surface area (Å²) in [5.41, 5.74) is 34.0. The lowest BCUT2D eigenvalue weighted by Crippen LogP contribution is -2.38. The van der Waals surface area contributed by atoms with E-state index in [0.29, 0.717) is 23.3 Å². The quantitative estimate of drug-likeness (QED) is 0.137. The van der Waals surface area contributed by atoms with E-state index < -0.39 is 5.41 Å². The standard InChI is InChI=1S/C104H79N5/c1-63-55-79(68-36-43-72(44-37-68)99-108-97(70-24-11-8-12-25-70)107-98(109-99)71-41-34-67(35-42-71)74-46-50-81-80-27-15-16-28-85(80)101(2,3)88(81)57-74)61-92-96(63)84-53-48-75(58-89(84)102(92,4)5)76-47-51-82-83-52-49-77(60-91(83)104(90(82)59-76)87-30-18-17-29-86(87)103(6)54-20-19-31-95(103)104)94-62-93(69-39-32-66(33-40-69)64-21-9-7-10-22-64)105-100(106-94)78-45-38-65-23-13-14-26-73(65)56-78/h8-9,11-63,95-96H,7,10H2,1-6H3. The van der Waals surface area contributed by atoms with Crippen molar-refractivity contribution in [3.63, 3.8) is 0 Å². The minimum Gasteiger partial charge on any atom is -0.228 e. The third kappa shape index (κ3) is 10.1. The van der Waals surface area contributed by atoms with Gasteiger partial charge in [0.05, 0.1) is 16.8 Å². The van der Waals surface area contributed by atoms with Crippen LogP contribution in [0.3, 0.4) is 0 Å². The summed E-state index contributed by atoms with van der Waals surface area (Å²) in [7, 11) is 0. The average Bonchev–Trinajstić information content (AvgIpc) is 1.49. The largest absolute Gasteiger partial charge is 0.228 e. The average molecular weight is 1400 g/mol. The summed E-state index contributed by atoms with van der Waals surface area (Å²) in [4.78, 5) is 26.5. The molecule has 0 N–H and O–H groups in total. The first-order chi connectivity index (χ1) is 53.2. The minimum atomic E-state index is -0.521. The lowest BCUT2D eigenvalue weighted by atomic mass is 9.61. The van der Waals surface area contributed by atoms with Crippen molar-refractivity contribution in [3.8, 4) is 113 Å². The van der Waals surface area contributed by atoms with E-state index in [1.54, 1.807) is 0 Å². The maximum atomic E-state index is 5.56. The Morgan fingerprint density at radius 1 is 0.339 bits per heavy atom. The van der Waals surface area contributed by atoms with Gasteiger partial charge in [-0.05, 0) is 177 Å². The molecule has 7 aliphatic rings. The molecular weight excluding hydrogens is 1320 g/mol. The molecule has 12 aromatic carbocycles. The van der Waals surface area contributed by atoms with E-state index in [1.807, 2.05) is 18.2 Å². The van der Waals surface area contributed by atoms with E-state index >= 15 is 0 Å². The molecule has 5 nitrogen and oxygen atoms in total. The van der Waals surface area contributed by atoms with Gasteiger partial charge in [0.1, 0.15) is 0 Å². The molecule has 0 aliphatic heterocycles. The molecule has 0 saturated carbocycles. The van der Waals surface area contributed by atoms with Gasteiger partial charge in [-0.2, -0.15) is 0 Å². The normalized spacial score (nSPS) is 20.1. The Hall–Kier alpha value is -12.6. The van der Waals surface area contributed by atoms with Crippen LogP contribution >= 0.6 is 0 Å². The van der Waals surface area contributed by atoms with Crippen LogP contribution in [0, 0.1) is 11.8 Å². The van der Waals surface area contributed by atoms with Gasteiger partial charge >= 0.3 is 0 Å². The lowest BCUT2D eigenvalue weighted by molar-refractivity contribution is 0.372. The maximum Gasteiger partial charge on any atom is 0.164 e. The van der Waals surface area contributed by atoms with Gasteiger partial charge in [0.15, 0.2) is 23.3 Å². The number of hydrogen-bond acceptors (Lipinski definition) is 5. The number of benzene rings is 12. The molecule has 0 saturated heterocycles. The van der Waals surface area contributed by atoms with Gasteiger partial charge in [0.2, 0.25) is 0 Å². The van der Waals surface area contributed by atoms with Gasteiger partial charge in [-0.3, -0.25) is 0 Å². The van der Waals surface area contributed by atoms with Crippen molar-refractivity contribution in [3.05, 3.63) is 389 Å². The second-order valence-corrected chi connectivity index (χ2v) is 32.4. The van der Waals surface area contributed by atoms with Crippen LogP contribution in [0.4, 0.5) is 0 Å². The van der Waals surface area contributed by atoms with Crippen molar-refractivity contribution < 1.29 is 0 Å². The van der Waals surface area contributed by atoms with Gasteiger partial charge in [-0.15, -0.1) is 0 Å². The van der Waals surface area contributed by atoms with Crippen LogP contribution in [0.15, 0.2) is 333 Å². The number of aromatic nitrogens is 5. The van der Waals surface area contributed by atoms with Crippen LogP contribution in [0.5, 0.6) is 0 Å². The van der Waals surface area contributed by atoms with Crippen molar-refractivity contribution in [2.24, 2.45) is 11.8 Å². The fourth-order valence-electron chi connectivity index (χ4n) is 20.0. The Morgan fingerprint density at radius 2 is 0.844 bits per heavy atom. The zero-order valence-electron chi connectivity index (χ0n) is 62.1. The first-order valence-electron chi connectivity index (χ1n) is 38.7. The predicted molar refractivity (Wildman–Crippen MR) is 449 cm³/mol. The van der Waals surface area contributed by atoms with E-state index in [4.69, 9.17) is 24.9 Å². The van der Waals surface area contributed by atoms with E-state index in [-0.39, 0.29) is 34.0 Å². The highest BCUT2D eigenvalue weighted by Crippen LogP contribution is 2.68. The third-order valence-electron chi connectivity index (χ3n) is 25.6. The molecule has 5 heteroatoms. The van der Waals surface area contributed by atoms with Gasteiger partial charge in [-0.25, -0.2) is 24.9 Å². The summed E-state index contributed by atoms with van der Waals surface area (Å²) in [5.74, 6) is 3.26. The molecule has 0 amide bonds. The molecular formula is C104H79N5. The molecule has 0 bridgehead atoms. The van der Waals surface area contributed by atoms with Gasteiger partial charge in [0.25, 0.3) is 0 Å². The molecule has 520 valence electrons. The summed E-state index contributed by atoms with van der Waals surface area (Å²) < 4.78 is 0. The van der Waals surface area contributed by atoms with E-state index in [0.717, 1.165) is 68.6 Å². The zero-order chi connectivity index (χ0) is 73.1. The highest BCUT2D eigenvalue weighted by atomic mass is 15.0. The smallest absolute Gasteiger partial charge is 0.164 e. The van der Waals surface area contributed by atoms with Crippen molar-refractivity contribution in [1.29, 1.82) is 0 Å². The van der Waals surface area contributed by atoms with Crippen molar-refractivity contribution in [2.45, 2.75) is 82.0 Å². The summed E-state index contributed by atoms with van der Waals surface area (Å²) >= 11 is 0. The molecule has 7 aliphatic carbocycles. The molecule has 0 fully saturated rings. The minimum absolute atomic E-state index is 0.0758. The van der Waals surface area contributed by atoms with Crippen LogP contribution in [-0.2, 0) is 21.7 Å². The Bertz CT molecular complexity index is 6380. The Morgan fingerprint density at radius 3 is 1.54 bits per heavy atom. The molecule has 1 spiro atoms. The third-order valence-corrected chi connectivity index (χ3v) is 25.6. The molecule has 21 rings (SSSR count). The number of nitrogens with zero attached hydrogens (tertiary/aromatic N) is 5. The molecule has 2 aromatic heterocycles. The van der Waals surface area contributed by atoms with Crippen LogP contribution < -0.4 is 0 Å². The summed E-state index contributed by atoms with van der Waals surface area (Å²) in [6, 6.07) is 101. The number of rotatable bonds is 10. The number of fused-ring (bicyclic) bond motifs is 17. The summed E-state index contributed by atoms with van der Waals surface area (Å²) in [6.45, 7) is 14.4. The SMILES string of the molecule is CC1C=C(c2ccc(-c3nc(-c4ccccc4)nc(-c4ccc(-c5ccc6c(c5)C(C)(C)c5ccccc5-6)cc4)n3)cc2)C=C2C1c1ccc(-c3ccc4c(c3)C3(c5cc(-c6cc(-c7ccc(C8=CCCC=C8)cc7)nc(-c7ccc8ccccc8c7)n6)ccc5-4)c4ccccc4C4(C)C=CC=CC43)cc1C2(C)C. The second kappa shape index (κ2) is 24.5. The van der Waals surface area contributed by atoms with Gasteiger partial charge < -0.3 is 0 Å². The fourth-order valence-corrected chi connectivity index (χ4v) is 20.0. The van der Waals surface area contributed by atoms with Crippen molar-refractivity contribution in [1.82, 2.24) is 24.9 Å². The van der Waals surface area contributed by atoms with Crippen LogP contribution in [0.25, 0.3) is 134 Å². The van der Waals surface area contributed by atoms with Crippen LogP contribution in [0.1, 0.15) is 116 Å².